The van der Waals surface area contributed by atoms with Crippen molar-refractivity contribution in [3.63, 3.8) is 0 Å². The maximum Gasteiger partial charge on any atom is 0.341 e. The number of carbonyl (C=O) groups is 1. The second-order valence-electron chi connectivity index (χ2n) is 3.96. The molecule has 0 fully saturated rings. The number of halogens is 1. The fourth-order valence-corrected chi connectivity index (χ4v) is 1.93. The molecular formula is C13H11BrN2O3. The van der Waals surface area contributed by atoms with Crippen LogP contribution < -0.4 is 4.74 Å². The Kier molecular flexibility index (Phi) is 3.80. The number of carboxylic acid groups (broad SMARTS) is 1. The molecule has 0 aliphatic heterocycles. The highest BCUT2D eigenvalue weighted by molar-refractivity contribution is 9.10. The van der Waals surface area contributed by atoms with Crippen LogP contribution in [0.25, 0.3) is 0 Å². The van der Waals surface area contributed by atoms with Gasteiger partial charge in [0.1, 0.15) is 11.3 Å². The lowest BCUT2D eigenvalue weighted by Gasteiger charge is -2.10. The van der Waals surface area contributed by atoms with Crippen molar-refractivity contribution in [2.75, 3.05) is 0 Å². The summed E-state index contributed by atoms with van der Waals surface area (Å²) in [5.41, 5.74) is 1.15. The predicted octanol–water partition coefficient (Wildman–Crippen LogP) is 3.35. The van der Waals surface area contributed by atoms with Gasteiger partial charge in [0.2, 0.25) is 0 Å². The second kappa shape index (κ2) is 5.36. The maximum absolute atomic E-state index is 11.3. The molecule has 19 heavy (non-hydrogen) atoms. The minimum Gasteiger partial charge on any atom is -0.477 e. The van der Waals surface area contributed by atoms with Crippen molar-refractivity contribution >= 4 is 21.9 Å². The van der Waals surface area contributed by atoms with Gasteiger partial charge in [-0.25, -0.2) is 4.79 Å². The summed E-state index contributed by atoms with van der Waals surface area (Å²) in [5.74, 6) is -0.594. The smallest absolute Gasteiger partial charge is 0.341 e. The van der Waals surface area contributed by atoms with E-state index >= 15 is 0 Å². The molecule has 5 nitrogen and oxygen atoms in total. The van der Waals surface area contributed by atoms with E-state index in [1.54, 1.807) is 32.0 Å². The van der Waals surface area contributed by atoms with E-state index < -0.39 is 5.97 Å². The normalized spacial score (nSPS) is 10.3. The van der Waals surface area contributed by atoms with Crippen molar-refractivity contribution in [1.29, 1.82) is 0 Å². The first-order valence-corrected chi connectivity index (χ1v) is 6.29. The first kappa shape index (κ1) is 13.5. The van der Waals surface area contributed by atoms with Crippen LogP contribution in [0.4, 0.5) is 0 Å². The summed E-state index contributed by atoms with van der Waals surface area (Å²) in [7, 11) is 0. The number of ether oxygens (including phenoxy) is 1. The Balaban J connectivity index is 2.46. The summed E-state index contributed by atoms with van der Waals surface area (Å²) in [6.45, 7) is 3.39. The molecule has 0 radical (unpaired) electrons. The largest absolute Gasteiger partial charge is 0.477 e. The first-order valence-electron chi connectivity index (χ1n) is 5.49. The highest BCUT2D eigenvalue weighted by Gasteiger charge is 2.19. The van der Waals surface area contributed by atoms with E-state index in [2.05, 4.69) is 26.1 Å². The Morgan fingerprint density at radius 1 is 1.32 bits per heavy atom. The number of rotatable bonds is 3. The fraction of sp³-hybridized carbons (Fsp3) is 0.154. The topological polar surface area (TPSA) is 72.3 Å². The van der Waals surface area contributed by atoms with Crippen LogP contribution >= 0.6 is 15.9 Å². The van der Waals surface area contributed by atoms with Crippen molar-refractivity contribution in [2.24, 2.45) is 0 Å². The number of aromatic carboxylic acids is 1. The van der Waals surface area contributed by atoms with Gasteiger partial charge in [-0.05, 0) is 37.6 Å². The van der Waals surface area contributed by atoms with Crippen molar-refractivity contribution in [3.8, 4) is 11.6 Å². The van der Waals surface area contributed by atoms with Gasteiger partial charge in [-0.1, -0.05) is 22.0 Å². The van der Waals surface area contributed by atoms with Crippen molar-refractivity contribution in [3.05, 3.63) is 45.6 Å². The molecule has 6 heteroatoms. The molecule has 0 saturated heterocycles. The summed E-state index contributed by atoms with van der Waals surface area (Å²) in [6.07, 6.45) is 0. The molecule has 0 saturated carbocycles. The number of hydrogen-bond donors (Lipinski definition) is 1. The Hall–Kier alpha value is -1.95. The second-order valence-corrected chi connectivity index (χ2v) is 4.87. The van der Waals surface area contributed by atoms with E-state index in [9.17, 15) is 9.90 Å². The van der Waals surface area contributed by atoms with Crippen LogP contribution in [0.5, 0.6) is 11.6 Å². The predicted molar refractivity (Wildman–Crippen MR) is 72.7 cm³/mol. The molecule has 0 bridgehead atoms. The van der Waals surface area contributed by atoms with Crippen molar-refractivity contribution in [1.82, 2.24) is 10.2 Å². The Bertz CT molecular complexity index is 644. The molecule has 1 aromatic heterocycles. The molecule has 0 amide bonds. The maximum atomic E-state index is 11.3. The van der Waals surface area contributed by atoms with Gasteiger partial charge in [0.15, 0.2) is 0 Å². The summed E-state index contributed by atoms with van der Waals surface area (Å²) in [4.78, 5) is 11.3. The van der Waals surface area contributed by atoms with Gasteiger partial charge in [-0.15, -0.1) is 5.10 Å². The highest BCUT2D eigenvalue weighted by atomic mass is 79.9. The average molecular weight is 323 g/mol. The Morgan fingerprint density at radius 3 is 2.68 bits per heavy atom. The van der Waals surface area contributed by atoms with Crippen LogP contribution in [-0.4, -0.2) is 21.3 Å². The van der Waals surface area contributed by atoms with E-state index in [-0.39, 0.29) is 11.4 Å². The standard InChI is InChI=1S/C13H11BrN2O3/c1-7-8(2)15-16-12(11(7)13(17)18)19-10-5-3-4-9(14)6-10/h3-6H,1-2H3,(H,17,18). The van der Waals surface area contributed by atoms with Crippen LogP contribution in [-0.2, 0) is 0 Å². The van der Waals surface area contributed by atoms with E-state index in [0.717, 1.165) is 4.47 Å². The van der Waals surface area contributed by atoms with Crippen molar-refractivity contribution in [2.45, 2.75) is 13.8 Å². The number of hydrogen-bond acceptors (Lipinski definition) is 4. The quantitative estimate of drug-likeness (QED) is 0.938. The number of nitrogens with zero attached hydrogens (tertiary/aromatic N) is 2. The molecule has 98 valence electrons. The van der Waals surface area contributed by atoms with Crippen LogP contribution in [0.1, 0.15) is 21.6 Å². The zero-order valence-corrected chi connectivity index (χ0v) is 11.9. The molecule has 0 unspecified atom stereocenters. The lowest BCUT2D eigenvalue weighted by molar-refractivity contribution is 0.0692. The third-order valence-corrected chi connectivity index (χ3v) is 3.14. The average Bonchev–Trinajstić information content (AvgIpc) is 2.33. The van der Waals surface area contributed by atoms with Gasteiger partial charge in [0.05, 0.1) is 5.69 Å². The Labute approximate surface area is 118 Å². The van der Waals surface area contributed by atoms with E-state index in [0.29, 0.717) is 17.0 Å². The summed E-state index contributed by atoms with van der Waals surface area (Å²) >= 11 is 3.32. The molecule has 1 N–H and O–H groups in total. The molecule has 2 aromatic rings. The summed E-state index contributed by atoms with van der Waals surface area (Å²) < 4.78 is 6.34. The van der Waals surface area contributed by atoms with E-state index in [1.807, 2.05) is 6.07 Å². The lowest BCUT2D eigenvalue weighted by atomic mass is 10.1. The number of benzene rings is 1. The van der Waals surface area contributed by atoms with Gasteiger partial charge in [-0.3, -0.25) is 0 Å². The number of aryl methyl sites for hydroxylation is 1. The first-order chi connectivity index (χ1) is 8.99. The van der Waals surface area contributed by atoms with Crippen LogP contribution in [0, 0.1) is 13.8 Å². The number of aromatic nitrogens is 2. The van der Waals surface area contributed by atoms with Crippen LogP contribution in [0.3, 0.4) is 0 Å². The van der Waals surface area contributed by atoms with Gasteiger partial charge in [0.25, 0.3) is 5.88 Å². The highest BCUT2D eigenvalue weighted by Crippen LogP contribution is 2.27. The van der Waals surface area contributed by atoms with Crippen LogP contribution in [0.15, 0.2) is 28.7 Å². The molecule has 0 spiro atoms. The molecule has 1 heterocycles. The lowest BCUT2D eigenvalue weighted by Crippen LogP contribution is -2.08. The summed E-state index contributed by atoms with van der Waals surface area (Å²) in [5, 5.41) is 17.0. The third-order valence-electron chi connectivity index (χ3n) is 2.65. The zero-order chi connectivity index (χ0) is 14.0. The zero-order valence-electron chi connectivity index (χ0n) is 10.3. The van der Waals surface area contributed by atoms with Gasteiger partial charge >= 0.3 is 5.97 Å². The summed E-state index contributed by atoms with van der Waals surface area (Å²) in [6, 6.07) is 7.07. The fourth-order valence-electron chi connectivity index (χ4n) is 1.55. The SMILES string of the molecule is Cc1nnc(Oc2cccc(Br)c2)c(C(=O)O)c1C. The van der Waals surface area contributed by atoms with E-state index in [1.165, 1.54) is 0 Å². The minimum absolute atomic E-state index is 0.00583. The molecule has 0 aliphatic carbocycles. The molecular weight excluding hydrogens is 312 g/mol. The monoisotopic (exact) mass is 322 g/mol. The van der Waals surface area contributed by atoms with Gasteiger partial charge in [0, 0.05) is 4.47 Å². The van der Waals surface area contributed by atoms with Gasteiger partial charge in [-0.2, -0.15) is 5.10 Å². The molecule has 2 rings (SSSR count). The van der Waals surface area contributed by atoms with Crippen LogP contribution in [0.2, 0.25) is 0 Å². The van der Waals surface area contributed by atoms with E-state index in [4.69, 9.17) is 4.74 Å². The third kappa shape index (κ3) is 2.90. The van der Waals surface area contributed by atoms with Gasteiger partial charge < -0.3 is 9.84 Å². The molecule has 1 aromatic carbocycles. The number of carboxylic acids is 1. The molecule has 0 atom stereocenters. The molecule has 0 aliphatic rings. The Morgan fingerprint density at radius 2 is 2.05 bits per heavy atom. The minimum atomic E-state index is -1.08. The van der Waals surface area contributed by atoms with Crippen molar-refractivity contribution < 1.29 is 14.6 Å².